The van der Waals surface area contributed by atoms with Crippen LogP contribution in [0.15, 0.2) is 0 Å². The highest BCUT2D eigenvalue weighted by Crippen LogP contribution is 2.40. The summed E-state index contributed by atoms with van der Waals surface area (Å²) in [5.41, 5.74) is 6.39. The summed E-state index contributed by atoms with van der Waals surface area (Å²) in [6.45, 7) is 12.3. The molecule has 0 aromatic carbocycles. The summed E-state index contributed by atoms with van der Waals surface area (Å²) < 4.78 is 0. The van der Waals surface area contributed by atoms with Crippen molar-refractivity contribution in [2.45, 2.75) is 72.4 Å². The third-order valence-electron chi connectivity index (χ3n) is 4.37. The average Bonchev–Trinajstić information content (AvgIpc) is 2.24. The van der Waals surface area contributed by atoms with Crippen molar-refractivity contribution >= 4 is 0 Å². The van der Waals surface area contributed by atoms with Crippen molar-refractivity contribution in [2.75, 3.05) is 6.54 Å². The second-order valence-corrected chi connectivity index (χ2v) is 7.14. The van der Waals surface area contributed by atoms with Gasteiger partial charge in [0.25, 0.3) is 0 Å². The van der Waals surface area contributed by atoms with Crippen LogP contribution in [0, 0.1) is 17.3 Å². The number of hydrogen-bond acceptors (Lipinski definition) is 2. The SMILES string of the molecule is CC(C)NC(CN)C1CCC(C(C)(C)C)CC1. The molecule has 0 bridgehead atoms. The van der Waals surface area contributed by atoms with Crippen LogP contribution in [0.5, 0.6) is 0 Å². The van der Waals surface area contributed by atoms with Crippen LogP contribution in [-0.2, 0) is 0 Å². The highest BCUT2D eigenvalue weighted by molar-refractivity contribution is 4.86. The maximum absolute atomic E-state index is 5.91. The molecule has 1 aliphatic rings. The van der Waals surface area contributed by atoms with Gasteiger partial charge in [0.1, 0.15) is 0 Å². The second kappa shape index (κ2) is 6.19. The van der Waals surface area contributed by atoms with Gasteiger partial charge in [0.15, 0.2) is 0 Å². The van der Waals surface area contributed by atoms with Crippen LogP contribution >= 0.6 is 0 Å². The Kier molecular flexibility index (Phi) is 5.46. The van der Waals surface area contributed by atoms with E-state index in [2.05, 4.69) is 39.9 Å². The van der Waals surface area contributed by atoms with Crippen molar-refractivity contribution in [3.8, 4) is 0 Å². The van der Waals surface area contributed by atoms with Crippen LogP contribution in [0.2, 0.25) is 0 Å². The zero-order valence-electron chi connectivity index (χ0n) is 12.4. The molecule has 2 nitrogen and oxygen atoms in total. The van der Waals surface area contributed by atoms with Crippen LogP contribution in [0.25, 0.3) is 0 Å². The Morgan fingerprint density at radius 3 is 2.00 bits per heavy atom. The number of nitrogens with two attached hydrogens (primary N) is 1. The van der Waals surface area contributed by atoms with Crippen molar-refractivity contribution in [3.05, 3.63) is 0 Å². The van der Waals surface area contributed by atoms with E-state index in [0.717, 1.165) is 18.4 Å². The van der Waals surface area contributed by atoms with Crippen LogP contribution in [0.1, 0.15) is 60.3 Å². The Hall–Kier alpha value is -0.0800. The minimum Gasteiger partial charge on any atom is -0.329 e. The first kappa shape index (κ1) is 15.0. The number of rotatable bonds is 4. The third-order valence-corrected chi connectivity index (χ3v) is 4.37. The first-order valence-electron chi connectivity index (χ1n) is 7.30. The van der Waals surface area contributed by atoms with Gasteiger partial charge in [0.05, 0.1) is 0 Å². The maximum Gasteiger partial charge on any atom is 0.0220 e. The van der Waals surface area contributed by atoms with Gasteiger partial charge in [-0.1, -0.05) is 34.6 Å². The quantitative estimate of drug-likeness (QED) is 0.792. The van der Waals surface area contributed by atoms with E-state index >= 15 is 0 Å². The fourth-order valence-electron chi connectivity index (χ4n) is 3.21. The van der Waals surface area contributed by atoms with Crippen molar-refractivity contribution in [1.29, 1.82) is 0 Å². The molecule has 0 aromatic rings. The normalized spacial score (nSPS) is 28.4. The molecule has 0 radical (unpaired) electrons. The molecule has 2 heteroatoms. The summed E-state index contributed by atoms with van der Waals surface area (Å²) in [6, 6.07) is 1.07. The molecule has 17 heavy (non-hydrogen) atoms. The molecule has 3 N–H and O–H groups in total. The molecule has 102 valence electrons. The van der Waals surface area contributed by atoms with E-state index in [1.807, 2.05) is 0 Å². The molecular formula is C15H32N2. The van der Waals surface area contributed by atoms with Crippen LogP contribution in [0.4, 0.5) is 0 Å². The van der Waals surface area contributed by atoms with Gasteiger partial charge in [-0.05, 0) is 42.9 Å². The van der Waals surface area contributed by atoms with E-state index in [4.69, 9.17) is 5.73 Å². The molecule has 1 saturated carbocycles. The second-order valence-electron chi connectivity index (χ2n) is 7.14. The lowest BCUT2D eigenvalue weighted by Crippen LogP contribution is -2.46. The lowest BCUT2D eigenvalue weighted by molar-refractivity contribution is 0.132. The lowest BCUT2D eigenvalue weighted by Gasteiger charge is -2.40. The molecule has 1 fully saturated rings. The standard InChI is InChI=1S/C15H32N2/c1-11(2)17-14(10-16)12-6-8-13(9-7-12)15(3,4)5/h11-14,17H,6-10,16H2,1-5H3. The molecule has 0 heterocycles. The molecule has 0 saturated heterocycles. The average molecular weight is 240 g/mol. The fraction of sp³-hybridized carbons (Fsp3) is 1.00. The zero-order chi connectivity index (χ0) is 13.1. The van der Waals surface area contributed by atoms with E-state index in [1.54, 1.807) is 0 Å². The molecule has 0 aliphatic heterocycles. The van der Waals surface area contributed by atoms with E-state index < -0.39 is 0 Å². The molecule has 0 spiro atoms. The van der Waals surface area contributed by atoms with Crippen molar-refractivity contribution < 1.29 is 0 Å². The predicted octanol–water partition coefficient (Wildman–Crippen LogP) is 3.16. The van der Waals surface area contributed by atoms with Gasteiger partial charge in [-0.15, -0.1) is 0 Å². The first-order valence-corrected chi connectivity index (χ1v) is 7.30. The van der Waals surface area contributed by atoms with Gasteiger partial charge < -0.3 is 11.1 Å². The summed E-state index contributed by atoms with van der Waals surface area (Å²) >= 11 is 0. The predicted molar refractivity (Wildman–Crippen MR) is 76.0 cm³/mol. The molecule has 1 rings (SSSR count). The van der Waals surface area contributed by atoms with Gasteiger partial charge in [0.2, 0.25) is 0 Å². The molecule has 1 aliphatic carbocycles. The molecule has 0 aromatic heterocycles. The van der Waals surface area contributed by atoms with Crippen molar-refractivity contribution in [2.24, 2.45) is 23.0 Å². The fourth-order valence-corrected chi connectivity index (χ4v) is 3.21. The Bertz CT molecular complexity index is 209. The topological polar surface area (TPSA) is 38.0 Å². The zero-order valence-corrected chi connectivity index (χ0v) is 12.4. The van der Waals surface area contributed by atoms with Gasteiger partial charge >= 0.3 is 0 Å². The summed E-state index contributed by atoms with van der Waals surface area (Å²) in [7, 11) is 0. The van der Waals surface area contributed by atoms with Crippen LogP contribution in [0.3, 0.4) is 0 Å². The van der Waals surface area contributed by atoms with E-state index in [9.17, 15) is 0 Å². The molecule has 1 atom stereocenters. The largest absolute Gasteiger partial charge is 0.329 e. The minimum absolute atomic E-state index is 0.481. The number of hydrogen-bond donors (Lipinski definition) is 2. The minimum atomic E-state index is 0.481. The lowest BCUT2D eigenvalue weighted by atomic mass is 9.68. The Morgan fingerprint density at radius 2 is 1.65 bits per heavy atom. The van der Waals surface area contributed by atoms with E-state index in [0.29, 0.717) is 17.5 Å². The smallest absolute Gasteiger partial charge is 0.0220 e. The highest BCUT2D eigenvalue weighted by atomic mass is 15.0. The monoisotopic (exact) mass is 240 g/mol. The summed E-state index contributed by atoms with van der Waals surface area (Å²) in [4.78, 5) is 0. The Morgan fingerprint density at radius 1 is 1.12 bits per heavy atom. The summed E-state index contributed by atoms with van der Waals surface area (Å²) in [5, 5.41) is 3.63. The summed E-state index contributed by atoms with van der Waals surface area (Å²) in [6.07, 6.45) is 5.46. The maximum atomic E-state index is 5.91. The number of nitrogens with one attached hydrogen (secondary N) is 1. The van der Waals surface area contributed by atoms with Gasteiger partial charge in [-0.2, -0.15) is 0 Å². The van der Waals surface area contributed by atoms with Crippen molar-refractivity contribution in [3.63, 3.8) is 0 Å². The summed E-state index contributed by atoms with van der Waals surface area (Å²) in [5.74, 6) is 1.69. The molecular weight excluding hydrogens is 208 g/mol. The third kappa shape index (κ3) is 4.59. The van der Waals surface area contributed by atoms with E-state index in [-0.39, 0.29) is 0 Å². The van der Waals surface area contributed by atoms with Crippen LogP contribution in [-0.4, -0.2) is 18.6 Å². The highest BCUT2D eigenvalue weighted by Gasteiger charge is 2.32. The van der Waals surface area contributed by atoms with Crippen LogP contribution < -0.4 is 11.1 Å². The first-order chi connectivity index (χ1) is 7.84. The molecule has 0 amide bonds. The van der Waals surface area contributed by atoms with Gasteiger partial charge in [-0.3, -0.25) is 0 Å². The Balaban J connectivity index is 2.44. The van der Waals surface area contributed by atoms with E-state index in [1.165, 1.54) is 25.7 Å². The Labute approximate surface area is 108 Å². The van der Waals surface area contributed by atoms with Crippen molar-refractivity contribution in [1.82, 2.24) is 5.32 Å². The van der Waals surface area contributed by atoms with Gasteiger partial charge in [-0.25, -0.2) is 0 Å². The molecule has 1 unspecified atom stereocenters. The van der Waals surface area contributed by atoms with Gasteiger partial charge in [0, 0.05) is 18.6 Å².